The summed E-state index contributed by atoms with van der Waals surface area (Å²) in [5, 5.41) is 15.4. The number of rotatable bonds is 10. The normalized spacial score (nSPS) is 17.8. The fraction of sp³-hybridized carbons (Fsp3) is 0.500. The van der Waals surface area contributed by atoms with Crippen LogP contribution in [0.2, 0.25) is 0 Å². The quantitative estimate of drug-likeness (QED) is 0.409. The molecule has 2 atom stereocenters. The maximum atomic E-state index is 13.5. The van der Waals surface area contributed by atoms with Crippen molar-refractivity contribution >= 4 is 21.8 Å². The number of sulfonamides is 1. The van der Waals surface area contributed by atoms with E-state index in [1.165, 1.54) is 22.0 Å². The molecule has 3 rings (SSSR count). The van der Waals surface area contributed by atoms with Crippen molar-refractivity contribution in [3.63, 3.8) is 0 Å². The minimum atomic E-state index is -3.86. The van der Waals surface area contributed by atoms with E-state index in [1.54, 1.807) is 32.0 Å². The first-order valence-corrected chi connectivity index (χ1v) is 14.3. The predicted octanol–water partition coefficient (Wildman–Crippen LogP) is 3.17. The van der Waals surface area contributed by atoms with Gasteiger partial charge in [-0.3, -0.25) is 9.59 Å². The van der Waals surface area contributed by atoms with E-state index >= 15 is 0 Å². The summed E-state index contributed by atoms with van der Waals surface area (Å²) in [5.41, 5.74) is 1.05. The molecule has 1 aliphatic heterocycles. The zero-order valence-corrected chi connectivity index (χ0v) is 22.9. The van der Waals surface area contributed by atoms with Crippen LogP contribution in [0.4, 0.5) is 0 Å². The smallest absolute Gasteiger partial charge is 0.243 e. The Balaban J connectivity index is 1.84. The van der Waals surface area contributed by atoms with E-state index in [0.29, 0.717) is 25.2 Å². The first-order chi connectivity index (χ1) is 17.5. The van der Waals surface area contributed by atoms with Gasteiger partial charge >= 0.3 is 0 Å². The van der Waals surface area contributed by atoms with Gasteiger partial charge in [-0.05, 0) is 55.9 Å². The van der Waals surface area contributed by atoms with Gasteiger partial charge in [-0.2, -0.15) is 4.31 Å². The number of piperidine rings is 1. The van der Waals surface area contributed by atoms with Gasteiger partial charge in [0.2, 0.25) is 21.8 Å². The molecule has 2 aromatic carbocycles. The molecular weight excluding hydrogens is 490 g/mol. The highest BCUT2D eigenvalue weighted by Crippen LogP contribution is 2.26. The Kier molecular flexibility index (Phi) is 9.50. The van der Waals surface area contributed by atoms with Crippen molar-refractivity contribution in [3.05, 3.63) is 65.7 Å². The van der Waals surface area contributed by atoms with E-state index in [9.17, 15) is 23.1 Å². The Morgan fingerprint density at radius 1 is 1.03 bits per heavy atom. The molecule has 1 heterocycles. The number of nitrogens with one attached hydrogen (secondary N) is 2. The second-order valence-corrected chi connectivity index (χ2v) is 12.5. The molecule has 202 valence electrons. The van der Waals surface area contributed by atoms with Crippen LogP contribution in [0.15, 0.2) is 59.5 Å². The zero-order chi connectivity index (χ0) is 27.2. The van der Waals surface area contributed by atoms with Crippen molar-refractivity contribution in [1.82, 2.24) is 14.9 Å². The third-order valence-corrected chi connectivity index (χ3v) is 8.75. The Bertz CT molecular complexity index is 1160. The summed E-state index contributed by atoms with van der Waals surface area (Å²) in [6.07, 6.45) is 1.32. The van der Waals surface area contributed by atoms with E-state index in [2.05, 4.69) is 24.5 Å². The highest BCUT2D eigenvalue weighted by molar-refractivity contribution is 7.89. The fourth-order valence-electron chi connectivity index (χ4n) is 4.29. The number of hydrogen-bond donors (Lipinski definition) is 3. The molecule has 0 saturated carbocycles. The van der Waals surface area contributed by atoms with E-state index in [0.717, 1.165) is 12.0 Å². The molecule has 1 saturated heterocycles. The van der Waals surface area contributed by atoms with Gasteiger partial charge in [-0.15, -0.1) is 0 Å². The van der Waals surface area contributed by atoms with Gasteiger partial charge in [0, 0.05) is 13.0 Å². The number of amides is 2. The lowest BCUT2D eigenvalue weighted by Crippen LogP contribution is -2.58. The molecule has 1 fully saturated rings. The predicted molar refractivity (Wildman–Crippen MR) is 143 cm³/mol. The summed E-state index contributed by atoms with van der Waals surface area (Å²) in [6.45, 7) is 7.35. The molecule has 2 aromatic rings. The van der Waals surface area contributed by atoms with Crippen LogP contribution in [-0.4, -0.2) is 55.0 Å². The van der Waals surface area contributed by atoms with E-state index < -0.39 is 39.5 Å². The molecule has 3 N–H and O–H groups in total. The number of aliphatic hydroxyl groups is 1. The average molecular weight is 530 g/mol. The molecular formula is C28H39N3O5S. The summed E-state index contributed by atoms with van der Waals surface area (Å²) in [7, 11) is -3.86. The molecule has 0 spiro atoms. The maximum absolute atomic E-state index is 13.5. The fourth-order valence-corrected chi connectivity index (χ4v) is 5.97. The molecule has 37 heavy (non-hydrogen) atoms. The van der Waals surface area contributed by atoms with Crippen molar-refractivity contribution in [2.45, 2.75) is 76.4 Å². The second-order valence-electron chi connectivity index (χ2n) is 10.6. The summed E-state index contributed by atoms with van der Waals surface area (Å²) in [5.74, 6) is -0.486. The number of benzene rings is 2. The third-order valence-electron chi connectivity index (χ3n) is 6.82. The second kappa shape index (κ2) is 12.2. The molecule has 0 aromatic heterocycles. The van der Waals surface area contributed by atoms with Crippen molar-refractivity contribution in [1.29, 1.82) is 0 Å². The van der Waals surface area contributed by atoms with Crippen LogP contribution in [0.1, 0.15) is 64.0 Å². The van der Waals surface area contributed by atoms with Crippen molar-refractivity contribution in [2.24, 2.45) is 5.41 Å². The van der Waals surface area contributed by atoms with E-state index in [1.807, 2.05) is 24.3 Å². The SMILES string of the molecule is CC(C)c1ccc(C[C@H](NC(=O)C2CCCCN2S(=O)(=O)c2ccccc2)NC(=O)C(C)(C)CO)cc1. The van der Waals surface area contributed by atoms with Gasteiger partial charge in [0.15, 0.2) is 0 Å². The van der Waals surface area contributed by atoms with Crippen molar-refractivity contribution in [3.8, 4) is 0 Å². The van der Waals surface area contributed by atoms with Crippen LogP contribution < -0.4 is 10.6 Å². The number of carbonyl (C=O) groups is 2. The van der Waals surface area contributed by atoms with Crippen LogP contribution in [0, 0.1) is 5.41 Å². The van der Waals surface area contributed by atoms with Crippen LogP contribution in [-0.2, 0) is 26.0 Å². The molecule has 9 heteroatoms. The zero-order valence-electron chi connectivity index (χ0n) is 22.1. The Labute approximate surface area is 220 Å². The lowest BCUT2D eigenvalue weighted by atomic mass is 9.93. The maximum Gasteiger partial charge on any atom is 0.243 e. The third kappa shape index (κ3) is 7.18. The van der Waals surface area contributed by atoms with Crippen molar-refractivity contribution < 1.29 is 23.1 Å². The molecule has 0 aliphatic carbocycles. The molecule has 0 bridgehead atoms. The lowest BCUT2D eigenvalue weighted by molar-refractivity contribution is -0.133. The molecule has 8 nitrogen and oxygen atoms in total. The monoisotopic (exact) mass is 529 g/mol. The minimum absolute atomic E-state index is 0.148. The first-order valence-electron chi connectivity index (χ1n) is 12.8. The Hall–Kier alpha value is -2.75. The topological polar surface area (TPSA) is 116 Å². The van der Waals surface area contributed by atoms with Crippen LogP contribution in [0.25, 0.3) is 0 Å². The summed E-state index contributed by atoms with van der Waals surface area (Å²) >= 11 is 0. The summed E-state index contributed by atoms with van der Waals surface area (Å²) < 4.78 is 28.0. The number of carbonyl (C=O) groups excluding carboxylic acids is 2. The van der Waals surface area contributed by atoms with Crippen LogP contribution >= 0.6 is 0 Å². The largest absolute Gasteiger partial charge is 0.395 e. The number of nitrogens with zero attached hydrogens (tertiary/aromatic N) is 1. The van der Waals surface area contributed by atoms with Gasteiger partial charge in [0.1, 0.15) is 12.2 Å². The highest BCUT2D eigenvalue weighted by Gasteiger charge is 2.38. The van der Waals surface area contributed by atoms with Gasteiger partial charge in [-0.25, -0.2) is 8.42 Å². The van der Waals surface area contributed by atoms with Gasteiger partial charge in [0.05, 0.1) is 16.9 Å². The Morgan fingerprint density at radius 2 is 1.68 bits per heavy atom. The van der Waals surface area contributed by atoms with Gasteiger partial charge < -0.3 is 15.7 Å². The van der Waals surface area contributed by atoms with E-state index in [-0.39, 0.29) is 18.0 Å². The molecule has 0 radical (unpaired) electrons. The molecule has 1 unspecified atom stereocenters. The summed E-state index contributed by atoms with van der Waals surface area (Å²) in [4.78, 5) is 26.5. The molecule has 2 amide bonds. The highest BCUT2D eigenvalue weighted by atomic mass is 32.2. The van der Waals surface area contributed by atoms with Gasteiger partial charge in [0.25, 0.3) is 0 Å². The van der Waals surface area contributed by atoms with Crippen LogP contribution in [0.3, 0.4) is 0 Å². The number of hydrogen-bond acceptors (Lipinski definition) is 5. The summed E-state index contributed by atoms with van der Waals surface area (Å²) in [6, 6.07) is 15.2. The van der Waals surface area contributed by atoms with E-state index in [4.69, 9.17) is 0 Å². The Morgan fingerprint density at radius 3 is 2.27 bits per heavy atom. The lowest BCUT2D eigenvalue weighted by Gasteiger charge is -2.35. The van der Waals surface area contributed by atoms with Crippen molar-refractivity contribution in [2.75, 3.05) is 13.2 Å². The minimum Gasteiger partial charge on any atom is -0.395 e. The molecule has 1 aliphatic rings. The standard InChI is InChI=1S/C28H39N3O5S/c1-20(2)22-15-13-21(14-16-22)18-25(30-27(34)28(3,4)19-32)29-26(33)24-12-8-9-17-31(24)37(35,36)23-10-6-5-7-11-23/h5-7,10-11,13-16,20,24-25,32H,8-9,12,17-19H2,1-4H3,(H,29,33)(H,30,34)/t24?,25-/m1/s1. The van der Waals surface area contributed by atoms with Gasteiger partial charge in [-0.1, -0.05) is 62.7 Å². The first kappa shape index (κ1) is 28.8. The number of aliphatic hydroxyl groups excluding tert-OH is 1. The van der Waals surface area contributed by atoms with Crippen LogP contribution in [0.5, 0.6) is 0 Å². The average Bonchev–Trinajstić information content (AvgIpc) is 2.89.